The van der Waals surface area contributed by atoms with Gasteiger partial charge in [-0.15, -0.1) is 0 Å². The van der Waals surface area contributed by atoms with Crippen molar-refractivity contribution in [2.75, 3.05) is 13.7 Å². The normalized spacial score (nSPS) is 42.8. The van der Waals surface area contributed by atoms with Gasteiger partial charge in [0.25, 0.3) is 0 Å². The Kier molecular flexibility index (Phi) is 4.91. The van der Waals surface area contributed by atoms with Crippen LogP contribution < -0.4 is 0 Å². The number of amides is 1. The molecule has 0 spiro atoms. The van der Waals surface area contributed by atoms with E-state index in [1.54, 1.807) is 0 Å². The Bertz CT molecular complexity index is 713. The molecule has 1 heterocycles. The van der Waals surface area contributed by atoms with Gasteiger partial charge in [0.05, 0.1) is 6.61 Å². The monoisotopic (exact) mass is 387 g/mol. The van der Waals surface area contributed by atoms with E-state index in [0.29, 0.717) is 43.1 Å². The quantitative estimate of drug-likeness (QED) is 0.645. The molecule has 0 aromatic heterocycles. The van der Waals surface area contributed by atoms with E-state index in [0.717, 1.165) is 19.3 Å². The molecule has 0 aromatic rings. The zero-order chi connectivity index (χ0) is 20.3. The van der Waals surface area contributed by atoms with Crippen molar-refractivity contribution in [2.24, 2.45) is 34.5 Å². The fourth-order valence-corrected chi connectivity index (χ4v) is 7.97. The molecular weight excluding hydrogens is 350 g/mol. The fourth-order valence-electron chi connectivity index (χ4n) is 7.97. The number of likely N-dealkylation sites (tertiary alicyclic amines) is 1. The summed E-state index contributed by atoms with van der Waals surface area (Å²) < 4.78 is 5.28. The largest absolute Gasteiger partial charge is 0.466 e. The average Bonchev–Trinajstić information content (AvgIpc) is 2.95. The zero-order valence-corrected chi connectivity index (χ0v) is 18.3. The summed E-state index contributed by atoms with van der Waals surface area (Å²) in [5.41, 5.74) is 3.15. The summed E-state index contributed by atoms with van der Waals surface area (Å²) in [5.74, 6) is 2.79. The van der Waals surface area contributed by atoms with Crippen molar-refractivity contribution in [1.82, 2.24) is 4.90 Å². The number of carbonyl (C=O) groups excluding carboxylic acids is 2. The van der Waals surface area contributed by atoms with Crippen LogP contribution in [0.25, 0.3) is 0 Å². The highest BCUT2D eigenvalue weighted by atomic mass is 16.5. The third-order valence-corrected chi connectivity index (χ3v) is 9.23. The van der Waals surface area contributed by atoms with Gasteiger partial charge in [-0.05, 0) is 81.5 Å². The van der Waals surface area contributed by atoms with E-state index in [2.05, 4.69) is 20.8 Å². The van der Waals surface area contributed by atoms with Gasteiger partial charge in [-0.25, -0.2) is 0 Å². The molecule has 6 atom stereocenters. The van der Waals surface area contributed by atoms with Crippen LogP contribution in [-0.2, 0) is 14.3 Å². The average molecular weight is 388 g/mol. The summed E-state index contributed by atoms with van der Waals surface area (Å²) in [6.07, 6.45) is 8.24. The van der Waals surface area contributed by atoms with Crippen molar-refractivity contribution in [3.63, 3.8) is 0 Å². The Hall–Kier alpha value is -1.32. The Labute approximate surface area is 170 Å². The highest BCUT2D eigenvalue weighted by Gasteiger charge is 2.60. The van der Waals surface area contributed by atoms with Gasteiger partial charge in [0.15, 0.2) is 0 Å². The molecule has 3 fully saturated rings. The Morgan fingerprint density at radius 3 is 2.64 bits per heavy atom. The molecule has 0 N–H and O–H groups in total. The number of rotatable bonds is 3. The second kappa shape index (κ2) is 6.88. The standard InChI is InChI=1S/C24H37NO3/c1-6-28-21(27)14-16-7-8-18-17-13-15(2)22-24(4,12-10-20(26)25(22)5)19(17)9-11-23(16,18)3/h16-19H,6-14H2,1-5H3/t16-,17?,18?,19?,23-,24-/m1/s1. The molecular formula is C24H37NO3. The van der Waals surface area contributed by atoms with Crippen LogP contribution in [0, 0.1) is 34.5 Å². The third kappa shape index (κ3) is 2.77. The predicted octanol–water partition coefficient (Wildman–Crippen LogP) is 4.93. The van der Waals surface area contributed by atoms with Gasteiger partial charge in [-0.1, -0.05) is 19.4 Å². The molecule has 1 aliphatic heterocycles. The summed E-state index contributed by atoms with van der Waals surface area (Å²) in [6.45, 7) is 9.52. The van der Waals surface area contributed by atoms with Crippen molar-refractivity contribution in [1.29, 1.82) is 0 Å². The first-order valence-corrected chi connectivity index (χ1v) is 11.3. The SMILES string of the molecule is CCOC(=O)C[C@H]1CCC2C3CC(C)=C4N(C)C(=O)CC[C@]4(C)C3CC[C@@]21C. The maximum atomic E-state index is 12.4. The lowest BCUT2D eigenvalue weighted by atomic mass is 9.48. The first-order chi connectivity index (χ1) is 13.2. The van der Waals surface area contributed by atoms with Crippen LogP contribution in [-0.4, -0.2) is 30.4 Å². The van der Waals surface area contributed by atoms with E-state index in [-0.39, 0.29) is 22.7 Å². The number of hydrogen-bond donors (Lipinski definition) is 0. The molecule has 4 rings (SSSR count). The number of esters is 1. The number of hydrogen-bond acceptors (Lipinski definition) is 3. The molecule has 4 nitrogen and oxygen atoms in total. The van der Waals surface area contributed by atoms with Crippen LogP contribution in [0.5, 0.6) is 0 Å². The number of ether oxygens (including phenoxy) is 1. The molecule has 4 aliphatic rings. The van der Waals surface area contributed by atoms with Gasteiger partial charge in [0, 0.05) is 31.0 Å². The number of nitrogens with zero attached hydrogens (tertiary/aromatic N) is 1. The maximum absolute atomic E-state index is 12.4. The van der Waals surface area contributed by atoms with E-state index in [1.165, 1.54) is 30.5 Å². The van der Waals surface area contributed by atoms with Crippen molar-refractivity contribution in [3.8, 4) is 0 Å². The van der Waals surface area contributed by atoms with Crippen LogP contribution in [0.4, 0.5) is 0 Å². The summed E-state index contributed by atoms with van der Waals surface area (Å²) in [4.78, 5) is 26.5. The van der Waals surface area contributed by atoms with Gasteiger partial charge in [-0.3, -0.25) is 9.59 Å². The second-order valence-corrected chi connectivity index (χ2v) is 10.4. The summed E-state index contributed by atoms with van der Waals surface area (Å²) >= 11 is 0. The van der Waals surface area contributed by atoms with Gasteiger partial charge in [-0.2, -0.15) is 0 Å². The molecule has 156 valence electrons. The molecule has 4 heteroatoms. The van der Waals surface area contributed by atoms with Crippen molar-refractivity contribution >= 4 is 11.9 Å². The molecule has 0 radical (unpaired) electrons. The van der Waals surface area contributed by atoms with Crippen LogP contribution in [0.1, 0.15) is 79.1 Å². The van der Waals surface area contributed by atoms with E-state index in [1.807, 2.05) is 18.9 Å². The van der Waals surface area contributed by atoms with E-state index in [4.69, 9.17) is 4.74 Å². The van der Waals surface area contributed by atoms with E-state index < -0.39 is 0 Å². The van der Waals surface area contributed by atoms with E-state index >= 15 is 0 Å². The number of carbonyl (C=O) groups is 2. The fraction of sp³-hybridized carbons (Fsp3) is 0.833. The topological polar surface area (TPSA) is 46.6 Å². The van der Waals surface area contributed by atoms with Crippen LogP contribution >= 0.6 is 0 Å². The Balaban J connectivity index is 1.62. The Morgan fingerprint density at radius 2 is 1.93 bits per heavy atom. The molecule has 2 saturated carbocycles. The first kappa shape index (κ1) is 20.0. The Morgan fingerprint density at radius 1 is 1.18 bits per heavy atom. The first-order valence-electron chi connectivity index (χ1n) is 11.3. The molecule has 1 amide bonds. The zero-order valence-electron chi connectivity index (χ0n) is 18.3. The minimum absolute atomic E-state index is 0.0158. The molecule has 3 unspecified atom stereocenters. The lowest BCUT2D eigenvalue weighted by Crippen LogP contribution is -2.54. The second-order valence-electron chi connectivity index (χ2n) is 10.4. The summed E-state index contributed by atoms with van der Waals surface area (Å²) in [6, 6.07) is 0. The summed E-state index contributed by atoms with van der Waals surface area (Å²) in [5, 5.41) is 0. The third-order valence-electron chi connectivity index (χ3n) is 9.23. The van der Waals surface area contributed by atoms with Gasteiger partial charge in [0.1, 0.15) is 0 Å². The van der Waals surface area contributed by atoms with Gasteiger partial charge in [0.2, 0.25) is 5.91 Å². The summed E-state index contributed by atoms with van der Waals surface area (Å²) in [7, 11) is 1.98. The molecule has 0 aromatic carbocycles. The smallest absolute Gasteiger partial charge is 0.306 e. The predicted molar refractivity (Wildman–Crippen MR) is 109 cm³/mol. The van der Waals surface area contributed by atoms with Crippen molar-refractivity contribution in [2.45, 2.75) is 79.1 Å². The van der Waals surface area contributed by atoms with Crippen molar-refractivity contribution < 1.29 is 14.3 Å². The van der Waals surface area contributed by atoms with Crippen LogP contribution in [0.3, 0.4) is 0 Å². The number of piperidine rings is 1. The molecule has 3 aliphatic carbocycles. The molecule has 1 saturated heterocycles. The van der Waals surface area contributed by atoms with Gasteiger partial charge < -0.3 is 9.64 Å². The maximum Gasteiger partial charge on any atom is 0.306 e. The van der Waals surface area contributed by atoms with Gasteiger partial charge >= 0.3 is 5.97 Å². The highest BCUT2D eigenvalue weighted by Crippen LogP contribution is 2.67. The minimum atomic E-state index is -0.0158. The number of allylic oxidation sites excluding steroid dienone is 2. The minimum Gasteiger partial charge on any atom is -0.466 e. The highest BCUT2D eigenvalue weighted by molar-refractivity contribution is 5.79. The lowest BCUT2D eigenvalue weighted by molar-refractivity contribution is -0.146. The van der Waals surface area contributed by atoms with Crippen molar-refractivity contribution in [3.05, 3.63) is 11.3 Å². The molecule has 28 heavy (non-hydrogen) atoms. The van der Waals surface area contributed by atoms with Crippen LogP contribution in [0.2, 0.25) is 0 Å². The van der Waals surface area contributed by atoms with E-state index in [9.17, 15) is 9.59 Å². The van der Waals surface area contributed by atoms with Crippen LogP contribution in [0.15, 0.2) is 11.3 Å². The lowest BCUT2D eigenvalue weighted by Gasteiger charge is -2.59. The number of fused-ring (bicyclic) bond motifs is 5. The molecule has 0 bridgehead atoms.